The van der Waals surface area contributed by atoms with E-state index in [-0.39, 0.29) is 0 Å². The van der Waals surface area contributed by atoms with Gasteiger partial charge < -0.3 is 5.32 Å². The van der Waals surface area contributed by atoms with Crippen LogP contribution in [-0.4, -0.2) is 13.6 Å². The molecule has 1 aromatic heterocycles. The van der Waals surface area contributed by atoms with Gasteiger partial charge in [0.05, 0.1) is 0 Å². The van der Waals surface area contributed by atoms with E-state index < -0.39 is 0 Å². The Morgan fingerprint density at radius 3 is 2.88 bits per heavy atom. The van der Waals surface area contributed by atoms with Gasteiger partial charge in [0.2, 0.25) is 0 Å². The minimum atomic E-state index is 0.767. The van der Waals surface area contributed by atoms with E-state index in [9.17, 15) is 0 Å². The van der Waals surface area contributed by atoms with Crippen molar-refractivity contribution >= 4 is 21.4 Å². The van der Waals surface area contributed by atoms with E-state index in [1.807, 2.05) is 18.4 Å². The second kappa shape index (κ2) is 6.18. The zero-order valence-electron chi connectivity index (χ0n) is 10.7. The third-order valence-corrected chi connectivity index (χ3v) is 4.27. The van der Waals surface area contributed by atoms with Gasteiger partial charge in [-0.2, -0.15) is 0 Å². The molecule has 0 spiro atoms. The maximum Gasteiger partial charge on any atom is 0.0345 e. The second-order valence-corrected chi connectivity index (χ2v) is 5.58. The highest BCUT2D eigenvalue weighted by Crippen LogP contribution is 2.28. The van der Waals surface area contributed by atoms with Crippen molar-refractivity contribution in [1.29, 1.82) is 0 Å². The van der Waals surface area contributed by atoms with Crippen molar-refractivity contribution in [2.75, 3.05) is 13.6 Å². The zero-order chi connectivity index (χ0) is 12.1. The van der Waals surface area contributed by atoms with Gasteiger partial charge in [-0.3, -0.25) is 0 Å². The Kier molecular flexibility index (Phi) is 4.57. The van der Waals surface area contributed by atoms with Crippen molar-refractivity contribution in [3.8, 4) is 0 Å². The molecule has 0 aliphatic carbocycles. The Bertz CT molecular complexity index is 455. The molecule has 0 fully saturated rings. The van der Waals surface area contributed by atoms with Crippen molar-refractivity contribution in [3.63, 3.8) is 0 Å². The molecule has 1 aromatic carbocycles. The van der Waals surface area contributed by atoms with Crippen LogP contribution in [0.2, 0.25) is 0 Å². The van der Waals surface area contributed by atoms with Crippen molar-refractivity contribution in [1.82, 2.24) is 5.32 Å². The molecule has 1 heterocycles. The molecule has 17 heavy (non-hydrogen) atoms. The lowest BCUT2D eigenvalue weighted by atomic mass is 9.95. The van der Waals surface area contributed by atoms with E-state index in [1.54, 1.807) is 0 Å². The largest absolute Gasteiger partial charge is 0.319 e. The Balaban J connectivity index is 2.15. The summed E-state index contributed by atoms with van der Waals surface area (Å²) >= 11 is 1.87. The number of hydrogen-bond acceptors (Lipinski definition) is 2. The van der Waals surface area contributed by atoms with Gasteiger partial charge in [-0.25, -0.2) is 0 Å². The van der Waals surface area contributed by atoms with Gasteiger partial charge in [-0.15, -0.1) is 11.3 Å². The van der Waals surface area contributed by atoms with Crippen LogP contribution in [0.15, 0.2) is 29.6 Å². The second-order valence-electron chi connectivity index (χ2n) is 4.67. The summed E-state index contributed by atoms with van der Waals surface area (Å²) in [6.07, 6.45) is 3.79. The van der Waals surface area contributed by atoms with Crippen LogP contribution in [0.5, 0.6) is 0 Å². The summed E-state index contributed by atoms with van der Waals surface area (Å²) in [4.78, 5) is 0. The first-order valence-electron chi connectivity index (χ1n) is 6.44. The lowest BCUT2D eigenvalue weighted by Gasteiger charge is -2.15. The molecule has 0 aliphatic heterocycles. The highest BCUT2D eigenvalue weighted by molar-refractivity contribution is 7.17. The molecule has 92 valence electrons. The average Bonchev–Trinajstić information content (AvgIpc) is 2.74. The number of benzene rings is 1. The van der Waals surface area contributed by atoms with E-state index >= 15 is 0 Å². The minimum Gasteiger partial charge on any atom is -0.319 e. The summed E-state index contributed by atoms with van der Waals surface area (Å²) in [5, 5.41) is 7.11. The summed E-state index contributed by atoms with van der Waals surface area (Å²) in [6, 6.07) is 8.74. The van der Waals surface area contributed by atoms with Crippen LogP contribution in [0.3, 0.4) is 0 Å². The molecule has 0 saturated carbocycles. The molecule has 2 heteroatoms. The van der Waals surface area contributed by atoms with Crippen molar-refractivity contribution < 1.29 is 0 Å². The molecule has 1 unspecified atom stereocenters. The summed E-state index contributed by atoms with van der Waals surface area (Å²) in [6.45, 7) is 3.40. The van der Waals surface area contributed by atoms with Gasteiger partial charge in [0.25, 0.3) is 0 Å². The van der Waals surface area contributed by atoms with Gasteiger partial charge in [-0.05, 0) is 54.7 Å². The monoisotopic (exact) mass is 247 g/mol. The molecule has 0 amide bonds. The Labute approximate surface area is 108 Å². The van der Waals surface area contributed by atoms with Gasteiger partial charge in [0, 0.05) is 4.70 Å². The number of rotatable bonds is 6. The summed E-state index contributed by atoms with van der Waals surface area (Å²) in [5.41, 5.74) is 1.53. The van der Waals surface area contributed by atoms with Crippen molar-refractivity contribution in [3.05, 3.63) is 35.2 Å². The third kappa shape index (κ3) is 3.08. The number of hydrogen-bond donors (Lipinski definition) is 1. The van der Waals surface area contributed by atoms with Crippen LogP contribution >= 0.6 is 11.3 Å². The Hall–Kier alpha value is -0.860. The van der Waals surface area contributed by atoms with E-state index in [2.05, 4.69) is 41.9 Å². The fourth-order valence-electron chi connectivity index (χ4n) is 2.48. The zero-order valence-corrected chi connectivity index (χ0v) is 11.5. The summed E-state index contributed by atoms with van der Waals surface area (Å²) < 4.78 is 1.42. The first-order valence-corrected chi connectivity index (χ1v) is 7.32. The van der Waals surface area contributed by atoms with Crippen LogP contribution in [0.1, 0.15) is 25.3 Å². The molecule has 0 bridgehead atoms. The van der Waals surface area contributed by atoms with E-state index in [4.69, 9.17) is 0 Å². The van der Waals surface area contributed by atoms with Gasteiger partial charge >= 0.3 is 0 Å². The molecular formula is C15H21NS. The number of nitrogens with one attached hydrogen (secondary N) is 1. The molecule has 1 N–H and O–H groups in total. The molecular weight excluding hydrogens is 226 g/mol. The van der Waals surface area contributed by atoms with Crippen molar-refractivity contribution in [2.45, 2.75) is 26.2 Å². The summed E-state index contributed by atoms with van der Waals surface area (Å²) in [7, 11) is 2.05. The number of thiophene rings is 1. The normalized spacial score (nSPS) is 13.1. The highest BCUT2D eigenvalue weighted by atomic mass is 32.1. The van der Waals surface area contributed by atoms with Gasteiger partial charge in [0.1, 0.15) is 0 Å². The highest BCUT2D eigenvalue weighted by Gasteiger charge is 2.11. The van der Waals surface area contributed by atoms with Crippen LogP contribution in [0.25, 0.3) is 10.1 Å². The first-order chi connectivity index (χ1) is 8.35. The van der Waals surface area contributed by atoms with Crippen LogP contribution in [-0.2, 0) is 6.42 Å². The van der Waals surface area contributed by atoms with Crippen LogP contribution < -0.4 is 5.32 Å². The van der Waals surface area contributed by atoms with Crippen LogP contribution in [0, 0.1) is 5.92 Å². The topological polar surface area (TPSA) is 12.0 Å². The molecule has 1 atom stereocenters. The van der Waals surface area contributed by atoms with E-state index in [1.165, 1.54) is 34.9 Å². The first kappa shape index (κ1) is 12.6. The lowest BCUT2D eigenvalue weighted by molar-refractivity contribution is 0.457. The molecule has 0 saturated heterocycles. The lowest BCUT2D eigenvalue weighted by Crippen LogP contribution is -2.20. The molecule has 2 aromatic rings. The maximum absolute atomic E-state index is 3.32. The Morgan fingerprint density at radius 2 is 2.12 bits per heavy atom. The van der Waals surface area contributed by atoms with Gasteiger partial charge in [-0.1, -0.05) is 31.5 Å². The molecule has 1 nitrogen and oxygen atoms in total. The molecule has 0 aliphatic rings. The molecule has 0 radical (unpaired) electrons. The minimum absolute atomic E-state index is 0.767. The molecule has 2 rings (SSSR count). The van der Waals surface area contributed by atoms with E-state index in [0.717, 1.165) is 12.5 Å². The predicted molar refractivity (Wildman–Crippen MR) is 77.9 cm³/mol. The quantitative estimate of drug-likeness (QED) is 0.811. The Morgan fingerprint density at radius 1 is 1.29 bits per heavy atom. The van der Waals surface area contributed by atoms with Crippen LogP contribution in [0.4, 0.5) is 0 Å². The fourth-order valence-corrected chi connectivity index (χ4v) is 3.45. The predicted octanol–water partition coefficient (Wildman–Crippen LogP) is 4.08. The van der Waals surface area contributed by atoms with E-state index in [0.29, 0.717) is 0 Å². The summed E-state index contributed by atoms with van der Waals surface area (Å²) in [5.74, 6) is 0.767. The average molecular weight is 247 g/mol. The number of fused-ring (bicyclic) bond motifs is 1. The fraction of sp³-hybridized carbons (Fsp3) is 0.467. The van der Waals surface area contributed by atoms with Gasteiger partial charge in [0.15, 0.2) is 0 Å². The smallest absolute Gasteiger partial charge is 0.0345 e. The third-order valence-electron chi connectivity index (χ3n) is 3.26. The maximum atomic E-state index is 3.32. The van der Waals surface area contributed by atoms with Crippen molar-refractivity contribution in [2.24, 2.45) is 5.92 Å². The SMILES string of the molecule is CCCC(CNC)Cc1csc2ccccc12. The standard InChI is InChI=1S/C15H21NS/c1-3-6-12(10-16-2)9-13-11-17-15-8-5-4-7-14(13)15/h4-5,7-8,11-12,16H,3,6,9-10H2,1-2H3.